The van der Waals surface area contributed by atoms with Crippen molar-refractivity contribution in [3.63, 3.8) is 0 Å². The zero-order valence-electron chi connectivity index (χ0n) is 12.7. The van der Waals surface area contributed by atoms with Gasteiger partial charge in [0, 0.05) is 29.1 Å². The molecule has 1 unspecified atom stereocenters. The van der Waals surface area contributed by atoms with Gasteiger partial charge in [0.2, 0.25) is 5.91 Å². The fourth-order valence-electron chi connectivity index (χ4n) is 2.39. The highest BCUT2D eigenvalue weighted by molar-refractivity contribution is 5.95. The first-order valence-corrected chi connectivity index (χ1v) is 7.28. The maximum Gasteiger partial charge on any atom is 0.326 e. The third-order valence-electron chi connectivity index (χ3n) is 3.57. The molecule has 0 bridgehead atoms. The quantitative estimate of drug-likeness (QED) is 0.717. The van der Waals surface area contributed by atoms with E-state index in [1.807, 2.05) is 31.2 Å². The van der Waals surface area contributed by atoms with Crippen molar-refractivity contribution in [3.8, 4) is 0 Å². The number of amides is 1. The van der Waals surface area contributed by atoms with Crippen molar-refractivity contribution in [2.75, 3.05) is 0 Å². The molecule has 0 aliphatic carbocycles. The fourth-order valence-corrected chi connectivity index (χ4v) is 2.39. The molecular formula is C17H20N2O3. The van der Waals surface area contributed by atoms with Gasteiger partial charge in [-0.05, 0) is 25.0 Å². The SMILES string of the molecule is CC/C=C(\C)C(=O)NC(Cc1c[nH]c2ccccc12)C(=O)O. The normalized spacial score (nSPS) is 13.1. The predicted molar refractivity (Wildman–Crippen MR) is 85.6 cm³/mol. The van der Waals surface area contributed by atoms with E-state index in [0.29, 0.717) is 5.57 Å². The molecule has 1 heterocycles. The average molecular weight is 300 g/mol. The molecule has 5 heteroatoms. The molecule has 2 rings (SSSR count). The van der Waals surface area contributed by atoms with Gasteiger partial charge in [-0.1, -0.05) is 31.2 Å². The molecule has 0 saturated carbocycles. The summed E-state index contributed by atoms with van der Waals surface area (Å²) in [6.45, 7) is 3.61. The number of fused-ring (bicyclic) bond motifs is 1. The third-order valence-corrected chi connectivity index (χ3v) is 3.57. The molecular weight excluding hydrogens is 280 g/mol. The fraction of sp³-hybridized carbons (Fsp3) is 0.294. The number of hydrogen-bond acceptors (Lipinski definition) is 2. The highest BCUT2D eigenvalue weighted by atomic mass is 16.4. The summed E-state index contributed by atoms with van der Waals surface area (Å²) in [5.74, 6) is -1.38. The van der Waals surface area contributed by atoms with Crippen LogP contribution in [0, 0.1) is 0 Å². The first kappa shape index (κ1) is 15.8. The summed E-state index contributed by atoms with van der Waals surface area (Å²) >= 11 is 0. The number of rotatable bonds is 6. The lowest BCUT2D eigenvalue weighted by Gasteiger charge is -2.14. The number of aromatic nitrogens is 1. The first-order valence-electron chi connectivity index (χ1n) is 7.28. The number of hydrogen-bond donors (Lipinski definition) is 3. The Balaban J connectivity index is 2.17. The van der Waals surface area contributed by atoms with Crippen molar-refractivity contribution in [2.45, 2.75) is 32.7 Å². The Hall–Kier alpha value is -2.56. The van der Waals surface area contributed by atoms with Gasteiger partial charge in [0.25, 0.3) is 0 Å². The predicted octanol–water partition coefficient (Wildman–Crippen LogP) is 2.64. The Kier molecular flexibility index (Phi) is 4.99. The molecule has 0 radical (unpaired) electrons. The van der Waals surface area contributed by atoms with Crippen molar-refractivity contribution in [1.82, 2.24) is 10.3 Å². The summed E-state index contributed by atoms with van der Waals surface area (Å²) in [6.07, 6.45) is 4.55. The number of carboxylic acid groups (broad SMARTS) is 1. The molecule has 1 amide bonds. The Morgan fingerprint density at radius 3 is 2.77 bits per heavy atom. The zero-order chi connectivity index (χ0) is 16.1. The van der Waals surface area contributed by atoms with Crippen LogP contribution in [0.3, 0.4) is 0 Å². The van der Waals surface area contributed by atoms with Crippen molar-refractivity contribution in [1.29, 1.82) is 0 Å². The second-order valence-corrected chi connectivity index (χ2v) is 5.22. The molecule has 116 valence electrons. The maximum absolute atomic E-state index is 12.0. The summed E-state index contributed by atoms with van der Waals surface area (Å²) in [6, 6.07) is 6.73. The molecule has 0 aliphatic heterocycles. The van der Waals surface area contributed by atoms with Crippen LogP contribution in [-0.4, -0.2) is 28.0 Å². The number of nitrogens with one attached hydrogen (secondary N) is 2. The summed E-state index contributed by atoms with van der Waals surface area (Å²) in [7, 11) is 0. The molecule has 0 fully saturated rings. The average Bonchev–Trinajstić information content (AvgIpc) is 2.90. The molecule has 2 aromatic rings. The summed E-state index contributed by atoms with van der Waals surface area (Å²) < 4.78 is 0. The number of H-pyrrole nitrogens is 1. The molecule has 22 heavy (non-hydrogen) atoms. The van der Waals surface area contributed by atoms with E-state index in [9.17, 15) is 14.7 Å². The van der Waals surface area contributed by atoms with Crippen LogP contribution in [0.25, 0.3) is 10.9 Å². The summed E-state index contributed by atoms with van der Waals surface area (Å²) in [5.41, 5.74) is 2.36. The second kappa shape index (κ2) is 6.93. The number of benzene rings is 1. The number of carboxylic acids is 1. The molecule has 1 aromatic heterocycles. The van der Waals surface area contributed by atoms with E-state index < -0.39 is 12.0 Å². The molecule has 1 aromatic carbocycles. The van der Waals surface area contributed by atoms with Gasteiger partial charge in [-0.25, -0.2) is 4.79 Å². The first-order chi connectivity index (χ1) is 10.5. The molecule has 0 saturated heterocycles. The van der Waals surface area contributed by atoms with E-state index in [1.165, 1.54) is 0 Å². The van der Waals surface area contributed by atoms with E-state index >= 15 is 0 Å². The van der Waals surface area contributed by atoms with Crippen LogP contribution in [0.4, 0.5) is 0 Å². The lowest BCUT2D eigenvalue weighted by molar-refractivity contribution is -0.141. The number of carbonyl (C=O) groups is 2. The Morgan fingerprint density at radius 2 is 2.09 bits per heavy atom. The maximum atomic E-state index is 12.0. The lowest BCUT2D eigenvalue weighted by atomic mass is 10.0. The molecule has 1 atom stereocenters. The van der Waals surface area contributed by atoms with Crippen LogP contribution < -0.4 is 5.32 Å². The highest BCUT2D eigenvalue weighted by Crippen LogP contribution is 2.19. The summed E-state index contributed by atoms with van der Waals surface area (Å²) in [4.78, 5) is 26.5. The van der Waals surface area contributed by atoms with E-state index in [-0.39, 0.29) is 12.3 Å². The smallest absolute Gasteiger partial charge is 0.326 e. The highest BCUT2D eigenvalue weighted by Gasteiger charge is 2.22. The van der Waals surface area contributed by atoms with E-state index in [2.05, 4.69) is 10.3 Å². The number of para-hydroxylation sites is 1. The minimum absolute atomic E-state index is 0.241. The summed E-state index contributed by atoms with van der Waals surface area (Å²) in [5, 5.41) is 12.9. The Bertz CT molecular complexity index is 716. The van der Waals surface area contributed by atoms with Gasteiger partial charge in [0.05, 0.1) is 0 Å². The van der Waals surface area contributed by atoms with Gasteiger partial charge in [0.1, 0.15) is 6.04 Å². The Morgan fingerprint density at radius 1 is 1.36 bits per heavy atom. The Labute approximate surface area is 129 Å². The molecule has 5 nitrogen and oxygen atoms in total. The molecule has 0 spiro atoms. The molecule has 3 N–H and O–H groups in total. The lowest BCUT2D eigenvalue weighted by Crippen LogP contribution is -2.42. The van der Waals surface area contributed by atoms with Gasteiger partial charge in [0.15, 0.2) is 0 Å². The van der Waals surface area contributed by atoms with Gasteiger partial charge >= 0.3 is 5.97 Å². The number of aromatic amines is 1. The minimum atomic E-state index is -1.04. The van der Waals surface area contributed by atoms with Crippen LogP contribution in [0.5, 0.6) is 0 Å². The van der Waals surface area contributed by atoms with Gasteiger partial charge in [-0.3, -0.25) is 4.79 Å². The minimum Gasteiger partial charge on any atom is -0.480 e. The van der Waals surface area contributed by atoms with Crippen LogP contribution in [-0.2, 0) is 16.0 Å². The van der Waals surface area contributed by atoms with Crippen LogP contribution in [0.1, 0.15) is 25.8 Å². The third kappa shape index (κ3) is 3.55. The zero-order valence-corrected chi connectivity index (χ0v) is 12.7. The van der Waals surface area contributed by atoms with Gasteiger partial charge < -0.3 is 15.4 Å². The van der Waals surface area contributed by atoms with Gasteiger partial charge in [-0.2, -0.15) is 0 Å². The second-order valence-electron chi connectivity index (χ2n) is 5.22. The number of allylic oxidation sites excluding steroid dienone is 1. The van der Waals surface area contributed by atoms with Crippen molar-refractivity contribution >= 4 is 22.8 Å². The topological polar surface area (TPSA) is 82.2 Å². The van der Waals surface area contributed by atoms with Crippen molar-refractivity contribution in [3.05, 3.63) is 47.7 Å². The van der Waals surface area contributed by atoms with Gasteiger partial charge in [-0.15, -0.1) is 0 Å². The van der Waals surface area contributed by atoms with E-state index in [0.717, 1.165) is 22.9 Å². The van der Waals surface area contributed by atoms with Crippen LogP contribution in [0.15, 0.2) is 42.1 Å². The van der Waals surface area contributed by atoms with Crippen LogP contribution in [0.2, 0.25) is 0 Å². The van der Waals surface area contributed by atoms with Crippen molar-refractivity contribution in [2.24, 2.45) is 0 Å². The molecule has 0 aliphatic rings. The monoisotopic (exact) mass is 300 g/mol. The van der Waals surface area contributed by atoms with Crippen molar-refractivity contribution < 1.29 is 14.7 Å². The largest absolute Gasteiger partial charge is 0.480 e. The van der Waals surface area contributed by atoms with E-state index in [4.69, 9.17) is 0 Å². The number of aliphatic carboxylic acids is 1. The number of carbonyl (C=O) groups excluding carboxylic acids is 1. The standard InChI is InChI=1S/C17H20N2O3/c1-3-6-11(2)16(20)19-15(17(21)22)9-12-10-18-14-8-5-4-7-13(12)14/h4-8,10,15,18H,3,9H2,1-2H3,(H,19,20)(H,21,22)/b11-6+. The van der Waals surface area contributed by atoms with E-state index in [1.54, 1.807) is 19.2 Å². The van der Waals surface area contributed by atoms with Crippen LogP contribution >= 0.6 is 0 Å².